The Labute approximate surface area is 117 Å². The second kappa shape index (κ2) is 7.45. The standard InChI is InChI=1S/C12H17ClO5S/c1-16-10-7-11(17-2)9-12(8-10)18-5-3-4-6-19(13,14)15/h7-9H,3-6H2,1-2H3. The molecule has 108 valence electrons. The van der Waals surface area contributed by atoms with Crippen LogP contribution in [0.1, 0.15) is 12.8 Å². The van der Waals surface area contributed by atoms with Gasteiger partial charge in [-0.25, -0.2) is 8.42 Å². The van der Waals surface area contributed by atoms with E-state index in [0.29, 0.717) is 36.7 Å². The number of hydrogen-bond donors (Lipinski definition) is 0. The van der Waals surface area contributed by atoms with Gasteiger partial charge in [0.05, 0.1) is 26.6 Å². The van der Waals surface area contributed by atoms with E-state index in [1.807, 2.05) is 0 Å². The van der Waals surface area contributed by atoms with Crippen LogP contribution < -0.4 is 14.2 Å². The lowest BCUT2D eigenvalue weighted by molar-refractivity contribution is 0.304. The van der Waals surface area contributed by atoms with Gasteiger partial charge in [0.1, 0.15) is 17.2 Å². The van der Waals surface area contributed by atoms with E-state index in [9.17, 15) is 8.42 Å². The van der Waals surface area contributed by atoms with Gasteiger partial charge in [0, 0.05) is 28.9 Å². The summed E-state index contributed by atoms with van der Waals surface area (Å²) in [6, 6.07) is 5.22. The zero-order valence-corrected chi connectivity index (χ0v) is 12.5. The van der Waals surface area contributed by atoms with Gasteiger partial charge < -0.3 is 14.2 Å². The highest BCUT2D eigenvalue weighted by molar-refractivity contribution is 8.13. The normalized spacial score (nSPS) is 11.1. The quantitative estimate of drug-likeness (QED) is 0.545. The van der Waals surface area contributed by atoms with E-state index in [-0.39, 0.29) is 5.75 Å². The third-order valence-corrected chi connectivity index (χ3v) is 3.62. The molecular formula is C12H17ClO5S. The number of benzene rings is 1. The van der Waals surface area contributed by atoms with E-state index in [1.54, 1.807) is 32.4 Å². The molecule has 0 unspecified atom stereocenters. The van der Waals surface area contributed by atoms with Crippen molar-refractivity contribution in [2.24, 2.45) is 0 Å². The smallest absolute Gasteiger partial charge is 0.232 e. The fraction of sp³-hybridized carbons (Fsp3) is 0.500. The molecule has 5 nitrogen and oxygen atoms in total. The van der Waals surface area contributed by atoms with Crippen LogP contribution in [0.5, 0.6) is 17.2 Å². The number of unbranched alkanes of at least 4 members (excludes halogenated alkanes) is 1. The van der Waals surface area contributed by atoms with Crippen LogP contribution in [0.4, 0.5) is 0 Å². The van der Waals surface area contributed by atoms with Gasteiger partial charge in [-0.05, 0) is 12.8 Å². The van der Waals surface area contributed by atoms with E-state index in [0.717, 1.165) is 0 Å². The van der Waals surface area contributed by atoms with Crippen molar-refractivity contribution in [1.82, 2.24) is 0 Å². The maximum atomic E-state index is 10.7. The van der Waals surface area contributed by atoms with Crippen molar-refractivity contribution >= 4 is 19.7 Å². The van der Waals surface area contributed by atoms with Crippen molar-refractivity contribution in [2.75, 3.05) is 26.6 Å². The first-order chi connectivity index (χ1) is 8.94. The molecule has 1 rings (SSSR count). The Balaban J connectivity index is 2.44. The highest BCUT2D eigenvalue weighted by Gasteiger charge is 2.05. The lowest BCUT2D eigenvalue weighted by Crippen LogP contribution is -2.02. The molecule has 0 aliphatic rings. The Bertz CT molecular complexity index is 479. The molecule has 0 spiro atoms. The van der Waals surface area contributed by atoms with Crippen LogP contribution in [0.15, 0.2) is 18.2 Å². The van der Waals surface area contributed by atoms with E-state index >= 15 is 0 Å². The number of methoxy groups -OCH3 is 2. The van der Waals surface area contributed by atoms with Crippen molar-refractivity contribution in [3.8, 4) is 17.2 Å². The average molecular weight is 309 g/mol. The molecule has 0 aromatic heterocycles. The number of ether oxygens (including phenoxy) is 3. The maximum absolute atomic E-state index is 10.7. The lowest BCUT2D eigenvalue weighted by atomic mass is 10.3. The summed E-state index contributed by atoms with van der Waals surface area (Å²) in [7, 11) is 4.81. The van der Waals surface area contributed by atoms with E-state index in [1.165, 1.54) is 0 Å². The van der Waals surface area contributed by atoms with Crippen LogP contribution in [-0.4, -0.2) is 35.0 Å². The Morgan fingerprint density at radius 3 is 2.00 bits per heavy atom. The third kappa shape index (κ3) is 6.54. The predicted octanol–water partition coefficient (Wildman–Crippen LogP) is 2.43. The van der Waals surface area contributed by atoms with Crippen molar-refractivity contribution in [3.05, 3.63) is 18.2 Å². The highest BCUT2D eigenvalue weighted by atomic mass is 35.7. The van der Waals surface area contributed by atoms with E-state index in [2.05, 4.69) is 0 Å². The molecule has 0 bridgehead atoms. The van der Waals surface area contributed by atoms with Gasteiger partial charge in [0.15, 0.2) is 0 Å². The first kappa shape index (κ1) is 15.9. The molecule has 7 heteroatoms. The van der Waals surface area contributed by atoms with E-state index < -0.39 is 9.05 Å². The fourth-order valence-corrected chi connectivity index (χ4v) is 2.31. The Morgan fingerprint density at radius 2 is 1.53 bits per heavy atom. The molecule has 1 aromatic rings. The first-order valence-electron chi connectivity index (χ1n) is 5.73. The van der Waals surface area contributed by atoms with Crippen molar-refractivity contribution in [1.29, 1.82) is 0 Å². The Morgan fingerprint density at radius 1 is 1.00 bits per heavy atom. The fourth-order valence-electron chi connectivity index (χ4n) is 1.43. The van der Waals surface area contributed by atoms with Crippen LogP contribution in [-0.2, 0) is 9.05 Å². The second-order valence-electron chi connectivity index (χ2n) is 3.85. The number of halogens is 1. The lowest BCUT2D eigenvalue weighted by Gasteiger charge is -2.10. The van der Waals surface area contributed by atoms with Crippen LogP contribution in [0.25, 0.3) is 0 Å². The predicted molar refractivity (Wildman–Crippen MR) is 73.9 cm³/mol. The van der Waals surface area contributed by atoms with Crippen LogP contribution in [0.2, 0.25) is 0 Å². The van der Waals surface area contributed by atoms with E-state index in [4.69, 9.17) is 24.9 Å². The van der Waals surface area contributed by atoms with Gasteiger partial charge >= 0.3 is 0 Å². The summed E-state index contributed by atoms with van der Waals surface area (Å²) in [5.74, 6) is 1.85. The van der Waals surface area contributed by atoms with Crippen LogP contribution in [0.3, 0.4) is 0 Å². The zero-order valence-electron chi connectivity index (χ0n) is 10.9. The summed E-state index contributed by atoms with van der Waals surface area (Å²) in [4.78, 5) is 0. The molecule has 0 aliphatic carbocycles. The minimum absolute atomic E-state index is 0.0423. The molecule has 0 aliphatic heterocycles. The largest absolute Gasteiger partial charge is 0.496 e. The summed E-state index contributed by atoms with van der Waals surface area (Å²) in [6.07, 6.45) is 1.07. The molecule has 0 atom stereocenters. The SMILES string of the molecule is COc1cc(OC)cc(OCCCCS(=O)(=O)Cl)c1. The van der Waals surface area contributed by atoms with Gasteiger partial charge in [-0.15, -0.1) is 0 Å². The number of rotatable bonds is 8. The molecule has 0 saturated heterocycles. The summed E-state index contributed by atoms with van der Waals surface area (Å²) in [5, 5.41) is 0. The zero-order chi connectivity index (χ0) is 14.3. The summed E-state index contributed by atoms with van der Waals surface area (Å²) in [6.45, 7) is 0.405. The molecular weight excluding hydrogens is 292 g/mol. The van der Waals surface area contributed by atoms with Gasteiger partial charge in [-0.1, -0.05) is 0 Å². The Kier molecular flexibility index (Phi) is 6.24. The van der Waals surface area contributed by atoms with Gasteiger partial charge in [-0.3, -0.25) is 0 Å². The van der Waals surface area contributed by atoms with Crippen LogP contribution >= 0.6 is 10.7 Å². The van der Waals surface area contributed by atoms with Crippen LogP contribution in [0, 0.1) is 0 Å². The molecule has 0 fully saturated rings. The number of hydrogen-bond acceptors (Lipinski definition) is 5. The van der Waals surface area contributed by atoms with Crippen molar-refractivity contribution < 1.29 is 22.6 Å². The van der Waals surface area contributed by atoms with Crippen molar-refractivity contribution in [2.45, 2.75) is 12.8 Å². The van der Waals surface area contributed by atoms with Gasteiger partial charge in [0.25, 0.3) is 0 Å². The molecule has 19 heavy (non-hydrogen) atoms. The second-order valence-corrected chi connectivity index (χ2v) is 6.74. The first-order valence-corrected chi connectivity index (χ1v) is 8.20. The molecule has 0 amide bonds. The minimum atomic E-state index is -3.41. The van der Waals surface area contributed by atoms with Gasteiger partial charge in [0.2, 0.25) is 9.05 Å². The van der Waals surface area contributed by atoms with Gasteiger partial charge in [-0.2, -0.15) is 0 Å². The third-order valence-electron chi connectivity index (χ3n) is 2.38. The molecule has 0 heterocycles. The summed E-state index contributed by atoms with van der Waals surface area (Å²) >= 11 is 0. The van der Waals surface area contributed by atoms with Crippen molar-refractivity contribution in [3.63, 3.8) is 0 Å². The molecule has 0 radical (unpaired) electrons. The monoisotopic (exact) mass is 308 g/mol. The average Bonchev–Trinajstić information content (AvgIpc) is 2.36. The maximum Gasteiger partial charge on any atom is 0.232 e. The minimum Gasteiger partial charge on any atom is -0.496 e. The molecule has 1 aromatic carbocycles. The highest BCUT2D eigenvalue weighted by Crippen LogP contribution is 2.27. The molecule has 0 saturated carbocycles. The topological polar surface area (TPSA) is 61.8 Å². The summed E-state index contributed by atoms with van der Waals surface area (Å²) < 4.78 is 37.2. The molecule has 0 N–H and O–H groups in total. The summed E-state index contributed by atoms with van der Waals surface area (Å²) in [5.41, 5.74) is 0. The Hall–Kier alpha value is -1.14.